The van der Waals surface area contributed by atoms with Crippen LogP contribution in [0.1, 0.15) is 12.5 Å². The average Bonchev–Trinajstić information content (AvgIpc) is 2.18. The lowest BCUT2D eigenvalue weighted by atomic mass is 10.1. The summed E-state index contributed by atoms with van der Waals surface area (Å²) in [6.07, 6.45) is 1.60. The highest BCUT2D eigenvalue weighted by atomic mass is 16.6. The number of hydrogen-bond donors (Lipinski definition) is 0. The smallest absolute Gasteiger partial charge is 0.258 e. The SMILES string of the molecule is C/C(C#N)=C\c1cccc([N+](=O)[O-])c1. The number of hydrogen-bond acceptors (Lipinski definition) is 3. The van der Waals surface area contributed by atoms with E-state index in [0.29, 0.717) is 11.1 Å². The van der Waals surface area contributed by atoms with E-state index >= 15 is 0 Å². The van der Waals surface area contributed by atoms with Gasteiger partial charge in [0, 0.05) is 17.7 Å². The van der Waals surface area contributed by atoms with Gasteiger partial charge in [-0.1, -0.05) is 12.1 Å². The Bertz CT molecular complexity index is 430. The van der Waals surface area contributed by atoms with Crippen LogP contribution in [-0.2, 0) is 0 Å². The van der Waals surface area contributed by atoms with Crippen LogP contribution in [0.2, 0.25) is 0 Å². The Morgan fingerprint density at radius 3 is 2.93 bits per heavy atom. The predicted octanol–water partition coefficient (Wildman–Crippen LogP) is 2.52. The Balaban J connectivity index is 3.08. The first-order valence-corrected chi connectivity index (χ1v) is 3.96. The minimum absolute atomic E-state index is 0.0319. The number of nitro benzene ring substituents is 1. The number of rotatable bonds is 2. The van der Waals surface area contributed by atoms with Gasteiger partial charge in [0.25, 0.3) is 5.69 Å². The molecule has 0 radical (unpaired) electrons. The van der Waals surface area contributed by atoms with Gasteiger partial charge in [0.05, 0.1) is 11.0 Å². The minimum atomic E-state index is -0.459. The Morgan fingerprint density at radius 1 is 1.64 bits per heavy atom. The number of allylic oxidation sites excluding steroid dienone is 1. The molecule has 0 aliphatic carbocycles. The van der Waals surface area contributed by atoms with E-state index in [4.69, 9.17) is 5.26 Å². The van der Waals surface area contributed by atoms with E-state index in [2.05, 4.69) is 0 Å². The maximum atomic E-state index is 10.4. The lowest BCUT2D eigenvalue weighted by Crippen LogP contribution is -1.87. The van der Waals surface area contributed by atoms with Gasteiger partial charge in [0.2, 0.25) is 0 Å². The molecule has 1 aromatic rings. The second-order valence-corrected chi connectivity index (χ2v) is 2.79. The van der Waals surface area contributed by atoms with Crippen molar-refractivity contribution in [3.63, 3.8) is 0 Å². The van der Waals surface area contributed by atoms with Gasteiger partial charge < -0.3 is 0 Å². The molecular formula is C10H8N2O2. The summed E-state index contributed by atoms with van der Waals surface area (Å²) in [6.45, 7) is 1.65. The largest absolute Gasteiger partial charge is 0.270 e. The van der Waals surface area contributed by atoms with Crippen molar-refractivity contribution in [1.29, 1.82) is 5.26 Å². The van der Waals surface area contributed by atoms with Crippen molar-refractivity contribution in [2.45, 2.75) is 6.92 Å². The zero-order valence-electron chi connectivity index (χ0n) is 7.60. The molecule has 0 amide bonds. The molecule has 0 fully saturated rings. The third-order valence-electron chi connectivity index (χ3n) is 1.64. The number of nitrogens with zero attached hydrogens (tertiary/aromatic N) is 2. The summed E-state index contributed by atoms with van der Waals surface area (Å²) in [5.74, 6) is 0. The highest BCUT2D eigenvalue weighted by molar-refractivity contribution is 5.58. The van der Waals surface area contributed by atoms with E-state index in [1.807, 2.05) is 6.07 Å². The van der Waals surface area contributed by atoms with Crippen LogP contribution in [0.5, 0.6) is 0 Å². The molecule has 0 N–H and O–H groups in total. The van der Waals surface area contributed by atoms with E-state index in [1.165, 1.54) is 12.1 Å². The van der Waals surface area contributed by atoms with Crippen molar-refractivity contribution in [3.05, 3.63) is 45.5 Å². The maximum absolute atomic E-state index is 10.4. The van der Waals surface area contributed by atoms with E-state index in [1.54, 1.807) is 25.1 Å². The molecule has 70 valence electrons. The summed E-state index contributed by atoms with van der Waals surface area (Å²) in [4.78, 5) is 9.97. The van der Waals surface area contributed by atoms with Gasteiger partial charge in [-0.2, -0.15) is 5.26 Å². The van der Waals surface area contributed by atoms with Crippen molar-refractivity contribution < 1.29 is 4.92 Å². The second kappa shape index (κ2) is 4.19. The summed E-state index contributed by atoms with van der Waals surface area (Å²) < 4.78 is 0. The zero-order chi connectivity index (χ0) is 10.6. The molecule has 0 unspecified atom stereocenters. The summed E-state index contributed by atoms with van der Waals surface area (Å²) >= 11 is 0. The predicted molar refractivity (Wildman–Crippen MR) is 52.4 cm³/mol. The molecule has 0 aromatic heterocycles. The molecule has 0 spiro atoms. The van der Waals surface area contributed by atoms with Gasteiger partial charge in [-0.25, -0.2) is 0 Å². The van der Waals surface area contributed by atoms with E-state index < -0.39 is 4.92 Å². The molecule has 0 aliphatic heterocycles. The van der Waals surface area contributed by atoms with Crippen molar-refractivity contribution in [1.82, 2.24) is 0 Å². The van der Waals surface area contributed by atoms with Crippen LogP contribution in [0, 0.1) is 21.4 Å². The summed E-state index contributed by atoms with van der Waals surface area (Å²) in [5, 5.41) is 19.0. The van der Waals surface area contributed by atoms with Gasteiger partial charge in [0.15, 0.2) is 0 Å². The standard InChI is InChI=1S/C10H8N2O2/c1-8(7-11)5-9-3-2-4-10(6-9)12(13)14/h2-6H,1H3/b8-5+. The van der Waals surface area contributed by atoms with Gasteiger partial charge in [-0.3, -0.25) is 10.1 Å². The van der Waals surface area contributed by atoms with Crippen molar-refractivity contribution >= 4 is 11.8 Å². The lowest BCUT2D eigenvalue weighted by Gasteiger charge is -1.94. The highest BCUT2D eigenvalue weighted by Gasteiger charge is 2.03. The first kappa shape index (κ1) is 9.93. The maximum Gasteiger partial charge on any atom is 0.270 e. The van der Waals surface area contributed by atoms with Crippen LogP contribution >= 0.6 is 0 Å². The van der Waals surface area contributed by atoms with Gasteiger partial charge in [-0.15, -0.1) is 0 Å². The highest BCUT2D eigenvalue weighted by Crippen LogP contribution is 2.15. The lowest BCUT2D eigenvalue weighted by molar-refractivity contribution is -0.384. The third-order valence-corrected chi connectivity index (χ3v) is 1.64. The fourth-order valence-electron chi connectivity index (χ4n) is 1.01. The van der Waals surface area contributed by atoms with Crippen LogP contribution in [0.15, 0.2) is 29.8 Å². The molecule has 4 nitrogen and oxygen atoms in total. The molecule has 0 atom stereocenters. The normalized spacial score (nSPS) is 10.7. The fourth-order valence-corrected chi connectivity index (χ4v) is 1.01. The number of benzene rings is 1. The van der Waals surface area contributed by atoms with E-state index in [-0.39, 0.29) is 5.69 Å². The summed E-state index contributed by atoms with van der Waals surface area (Å²) in [6, 6.07) is 8.11. The molecule has 1 aromatic carbocycles. The van der Waals surface area contributed by atoms with Crippen LogP contribution in [0.3, 0.4) is 0 Å². The molecule has 0 saturated heterocycles. The molecule has 0 bridgehead atoms. The number of non-ortho nitro benzene ring substituents is 1. The molecule has 0 aliphatic rings. The molecule has 0 saturated carbocycles. The van der Waals surface area contributed by atoms with Crippen LogP contribution in [0.25, 0.3) is 6.08 Å². The Hall–Kier alpha value is -2.15. The fraction of sp³-hybridized carbons (Fsp3) is 0.100. The molecule has 1 rings (SSSR count). The summed E-state index contributed by atoms with van der Waals surface area (Å²) in [7, 11) is 0. The van der Waals surface area contributed by atoms with Crippen molar-refractivity contribution in [3.8, 4) is 6.07 Å². The Morgan fingerprint density at radius 2 is 2.36 bits per heavy atom. The van der Waals surface area contributed by atoms with Gasteiger partial charge in [-0.05, 0) is 18.6 Å². The Labute approximate surface area is 81.2 Å². The molecular weight excluding hydrogens is 180 g/mol. The molecule has 14 heavy (non-hydrogen) atoms. The van der Waals surface area contributed by atoms with Crippen molar-refractivity contribution in [2.75, 3.05) is 0 Å². The van der Waals surface area contributed by atoms with Crippen molar-refractivity contribution in [2.24, 2.45) is 0 Å². The first-order chi connectivity index (χ1) is 6.63. The quantitative estimate of drug-likeness (QED) is 0.407. The van der Waals surface area contributed by atoms with E-state index in [0.717, 1.165) is 0 Å². The topological polar surface area (TPSA) is 66.9 Å². The number of nitro groups is 1. The number of nitriles is 1. The van der Waals surface area contributed by atoms with Gasteiger partial charge in [0.1, 0.15) is 0 Å². The van der Waals surface area contributed by atoms with Crippen LogP contribution < -0.4 is 0 Å². The third kappa shape index (κ3) is 2.42. The average molecular weight is 188 g/mol. The van der Waals surface area contributed by atoms with Gasteiger partial charge >= 0.3 is 0 Å². The monoisotopic (exact) mass is 188 g/mol. The van der Waals surface area contributed by atoms with Crippen LogP contribution in [-0.4, -0.2) is 4.92 Å². The molecule has 4 heteroatoms. The zero-order valence-corrected chi connectivity index (χ0v) is 7.60. The van der Waals surface area contributed by atoms with Crippen LogP contribution in [0.4, 0.5) is 5.69 Å². The first-order valence-electron chi connectivity index (χ1n) is 3.96. The molecule has 0 heterocycles. The summed E-state index contributed by atoms with van der Waals surface area (Å²) in [5.41, 5.74) is 1.22. The Kier molecular flexibility index (Phi) is 2.97. The van der Waals surface area contributed by atoms with E-state index in [9.17, 15) is 10.1 Å². The minimum Gasteiger partial charge on any atom is -0.258 e. The second-order valence-electron chi connectivity index (χ2n) is 2.79.